The molecule has 0 unspecified atom stereocenters. The van der Waals surface area contributed by atoms with E-state index in [2.05, 4.69) is 15.5 Å². The van der Waals surface area contributed by atoms with Crippen molar-refractivity contribution in [3.05, 3.63) is 5.01 Å². The number of carbonyl (C=O) groups excluding carboxylic acids is 1. The zero-order chi connectivity index (χ0) is 10.6. The second-order valence-electron chi connectivity index (χ2n) is 3.19. The number of anilines is 1. The number of hydrogen-bond acceptors (Lipinski definition) is 5. The van der Waals surface area contributed by atoms with Crippen LogP contribution in [0.5, 0.6) is 0 Å². The Bertz CT molecular complexity index is 310. The molecule has 0 bridgehead atoms. The Morgan fingerprint density at radius 1 is 1.57 bits per heavy atom. The monoisotopic (exact) mass is 214 g/mol. The number of nitrogens with zero attached hydrogens (tertiary/aromatic N) is 2. The van der Waals surface area contributed by atoms with Crippen molar-refractivity contribution in [1.29, 1.82) is 0 Å². The smallest absolute Gasteiger partial charge is 0.227 e. The largest absolute Gasteiger partial charge is 0.330 e. The summed E-state index contributed by atoms with van der Waals surface area (Å²) in [5.41, 5.74) is 5.24. The lowest BCUT2D eigenvalue weighted by Crippen LogP contribution is -2.15. The molecule has 0 aliphatic heterocycles. The van der Waals surface area contributed by atoms with Crippen LogP contribution in [0.25, 0.3) is 0 Å². The fraction of sp³-hybridized carbons (Fsp3) is 0.625. The molecule has 0 aliphatic carbocycles. The number of aromatic nitrogens is 2. The Kier molecular flexibility index (Phi) is 3.97. The fourth-order valence-corrected chi connectivity index (χ4v) is 1.59. The quantitative estimate of drug-likeness (QED) is 0.782. The third-order valence-electron chi connectivity index (χ3n) is 1.55. The van der Waals surface area contributed by atoms with Crippen molar-refractivity contribution in [2.45, 2.75) is 26.2 Å². The summed E-state index contributed by atoms with van der Waals surface area (Å²) in [4.78, 5) is 11.1. The summed E-state index contributed by atoms with van der Waals surface area (Å²) in [7, 11) is 0. The minimum absolute atomic E-state index is 0.112. The first-order valence-electron chi connectivity index (χ1n) is 4.46. The highest BCUT2D eigenvalue weighted by Gasteiger charge is 2.09. The van der Waals surface area contributed by atoms with Crippen LogP contribution in [0.15, 0.2) is 0 Å². The van der Waals surface area contributed by atoms with Crippen LogP contribution in [0.3, 0.4) is 0 Å². The number of nitrogens with two attached hydrogens (primary N) is 1. The van der Waals surface area contributed by atoms with Crippen LogP contribution < -0.4 is 11.1 Å². The Morgan fingerprint density at radius 3 is 2.79 bits per heavy atom. The second-order valence-corrected chi connectivity index (χ2v) is 4.20. The van der Waals surface area contributed by atoms with E-state index in [1.54, 1.807) is 0 Å². The molecule has 1 rings (SSSR count). The van der Waals surface area contributed by atoms with Crippen molar-refractivity contribution in [1.82, 2.24) is 10.2 Å². The maximum atomic E-state index is 11.1. The summed E-state index contributed by atoms with van der Waals surface area (Å²) in [5, 5.41) is 11.9. The molecule has 78 valence electrons. The first-order chi connectivity index (χ1) is 6.63. The molecule has 0 saturated carbocycles. The lowest BCUT2D eigenvalue weighted by Gasteiger charge is -1.97. The average molecular weight is 214 g/mol. The highest BCUT2D eigenvalue weighted by Crippen LogP contribution is 2.22. The fourth-order valence-electron chi connectivity index (χ4n) is 0.831. The predicted octanol–water partition coefficient (Wildman–Crippen LogP) is 0.949. The van der Waals surface area contributed by atoms with Gasteiger partial charge in [-0.2, -0.15) is 0 Å². The van der Waals surface area contributed by atoms with Gasteiger partial charge in [-0.25, -0.2) is 0 Å². The summed E-state index contributed by atoms with van der Waals surface area (Å²) < 4.78 is 0. The molecule has 1 aromatic rings. The van der Waals surface area contributed by atoms with E-state index in [1.165, 1.54) is 11.3 Å². The Labute approximate surface area is 86.7 Å². The summed E-state index contributed by atoms with van der Waals surface area (Å²) in [6.07, 6.45) is 0.316. The lowest BCUT2D eigenvalue weighted by molar-refractivity contribution is -0.116. The maximum Gasteiger partial charge on any atom is 0.227 e. The van der Waals surface area contributed by atoms with Gasteiger partial charge in [0.05, 0.1) is 0 Å². The van der Waals surface area contributed by atoms with Gasteiger partial charge in [0.2, 0.25) is 11.0 Å². The van der Waals surface area contributed by atoms with Crippen LogP contribution in [-0.2, 0) is 4.79 Å². The van der Waals surface area contributed by atoms with Crippen molar-refractivity contribution in [2.24, 2.45) is 5.73 Å². The van der Waals surface area contributed by atoms with Crippen molar-refractivity contribution in [3.8, 4) is 0 Å². The van der Waals surface area contributed by atoms with E-state index in [0.29, 0.717) is 24.0 Å². The standard InChI is InChI=1S/C8H14N4OS/c1-5(2)7-11-12-8(14-7)10-6(13)3-4-9/h5H,3-4,9H2,1-2H3,(H,10,12,13). The van der Waals surface area contributed by atoms with Gasteiger partial charge in [-0.15, -0.1) is 10.2 Å². The minimum atomic E-state index is -0.112. The number of carbonyl (C=O) groups is 1. The average Bonchev–Trinajstić information content (AvgIpc) is 2.53. The van der Waals surface area contributed by atoms with Crippen LogP contribution in [0, 0.1) is 0 Å². The SMILES string of the molecule is CC(C)c1nnc(NC(=O)CCN)s1. The Hall–Kier alpha value is -1.01. The lowest BCUT2D eigenvalue weighted by atomic mass is 10.2. The molecule has 6 heteroatoms. The minimum Gasteiger partial charge on any atom is -0.330 e. The molecular weight excluding hydrogens is 200 g/mol. The van der Waals surface area contributed by atoms with Gasteiger partial charge in [-0.1, -0.05) is 25.2 Å². The molecule has 0 fully saturated rings. The van der Waals surface area contributed by atoms with Crippen LogP contribution in [0.2, 0.25) is 0 Å². The third kappa shape index (κ3) is 3.04. The van der Waals surface area contributed by atoms with Crippen LogP contribution in [0.1, 0.15) is 31.2 Å². The molecule has 14 heavy (non-hydrogen) atoms. The molecule has 0 aliphatic rings. The van der Waals surface area contributed by atoms with E-state index in [4.69, 9.17) is 5.73 Å². The van der Waals surface area contributed by atoms with E-state index in [0.717, 1.165) is 5.01 Å². The Morgan fingerprint density at radius 2 is 2.29 bits per heavy atom. The van der Waals surface area contributed by atoms with Gasteiger partial charge in [-0.3, -0.25) is 4.79 Å². The molecule has 1 heterocycles. The zero-order valence-corrected chi connectivity index (χ0v) is 9.10. The highest BCUT2D eigenvalue weighted by molar-refractivity contribution is 7.15. The first kappa shape index (κ1) is 11.1. The van der Waals surface area contributed by atoms with Gasteiger partial charge in [0, 0.05) is 18.9 Å². The molecule has 0 radical (unpaired) electrons. The number of nitrogens with one attached hydrogen (secondary N) is 1. The Balaban J connectivity index is 2.55. The van der Waals surface area contributed by atoms with Crippen molar-refractivity contribution in [2.75, 3.05) is 11.9 Å². The van der Waals surface area contributed by atoms with E-state index >= 15 is 0 Å². The third-order valence-corrected chi connectivity index (χ3v) is 2.69. The summed E-state index contributed by atoms with van der Waals surface area (Å²) >= 11 is 1.40. The number of rotatable bonds is 4. The van der Waals surface area contributed by atoms with Crippen molar-refractivity contribution < 1.29 is 4.79 Å². The zero-order valence-electron chi connectivity index (χ0n) is 8.28. The van der Waals surface area contributed by atoms with Gasteiger partial charge in [0.25, 0.3) is 0 Å². The normalized spacial score (nSPS) is 10.6. The summed E-state index contributed by atoms with van der Waals surface area (Å²) in [5.74, 6) is 0.228. The van der Waals surface area contributed by atoms with Gasteiger partial charge in [0.1, 0.15) is 5.01 Å². The van der Waals surface area contributed by atoms with Crippen LogP contribution >= 0.6 is 11.3 Å². The molecule has 0 atom stereocenters. The second kappa shape index (κ2) is 5.02. The van der Waals surface area contributed by atoms with Crippen LogP contribution in [-0.4, -0.2) is 22.6 Å². The first-order valence-corrected chi connectivity index (χ1v) is 5.28. The summed E-state index contributed by atoms with van der Waals surface area (Å²) in [6, 6.07) is 0. The molecule has 1 amide bonds. The van der Waals surface area contributed by atoms with E-state index in [9.17, 15) is 4.79 Å². The van der Waals surface area contributed by atoms with Crippen molar-refractivity contribution in [3.63, 3.8) is 0 Å². The van der Waals surface area contributed by atoms with E-state index in [1.807, 2.05) is 13.8 Å². The molecule has 5 nitrogen and oxygen atoms in total. The summed E-state index contributed by atoms with van der Waals surface area (Å²) in [6.45, 7) is 4.42. The van der Waals surface area contributed by atoms with E-state index < -0.39 is 0 Å². The molecule has 0 saturated heterocycles. The van der Waals surface area contributed by atoms with Gasteiger partial charge in [-0.05, 0) is 0 Å². The topological polar surface area (TPSA) is 80.9 Å². The van der Waals surface area contributed by atoms with Gasteiger partial charge >= 0.3 is 0 Å². The predicted molar refractivity (Wildman–Crippen MR) is 56.3 cm³/mol. The van der Waals surface area contributed by atoms with Gasteiger partial charge < -0.3 is 11.1 Å². The molecule has 0 spiro atoms. The molecule has 1 aromatic heterocycles. The van der Waals surface area contributed by atoms with E-state index in [-0.39, 0.29) is 5.91 Å². The van der Waals surface area contributed by atoms with Crippen LogP contribution in [0.4, 0.5) is 5.13 Å². The number of hydrogen-bond donors (Lipinski definition) is 2. The molecule has 0 aromatic carbocycles. The number of amides is 1. The van der Waals surface area contributed by atoms with Crippen molar-refractivity contribution >= 4 is 22.4 Å². The highest BCUT2D eigenvalue weighted by atomic mass is 32.1. The molecule has 3 N–H and O–H groups in total. The van der Waals surface area contributed by atoms with Gasteiger partial charge in [0.15, 0.2) is 0 Å². The maximum absolute atomic E-state index is 11.1. The molecular formula is C8H14N4OS.